The van der Waals surface area contributed by atoms with Gasteiger partial charge in [-0.05, 0) is 61.0 Å². The number of aryl methyl sites for hydroxylation is 1. The topological polar surface area (TPSA) is 107 Å². The lowest BCUT2D eigenvalue weighted by atomic mass is 10.2. The normalized spacial score (nSPS) is 20.7. The summed E-state index contributed by atoms with van der Waals surface area (Å²) in [6.45, 7) is 6.12. The summed E-state index contributed by atoms with van der Waals surface area (Å²) < 4.78 is 27.5. The fourth-order valence-electron chi connectivity index (χ4n) is 4.42. The third-order valence-electron chi connectivity index (χ3n) is 6.24. The lowest BCUT2D eigenvalue weighted by Crippen LogP contribution is -2.35. The molecule has 10 heteroatoms. The monoisotopic (exact) mass is 541 g/mol. The number of methoxy groups -OCH3 is 1. The summed E-state index contributed by atoms with van der Waals surface area (Å²) in [7, 11) is 1.63. The van der Waals surface area contributed by atoms with E-state index in [1.807, 2.05) is 55.7 Å². The summed E-state index contributed by atoms with van der Waals surface area (Å²) >= 11 is 3.46. The number of halogens is 1. The van der Waals surface area contributed by atoms with Gasteiger partial charge >= 0.3 is 0 Å². The lowest BCUT2D eigenvalue weighted by Gasteiger charge is -2.30. The molecule has 1 saturated heterocycles. The Bertz CT molecular complexity index is 1370. The molecule has 9 nitrogen and oxygen atoms in total. The molecule has 1 aliphatic rings. The van der Waals surface area contributed by atoms with Gasteiger partial charge < -0.3 is 29.2 Å². The van der Waals surface area contributed by atoms with Gasteiger partial charge in [0.25, 0.3) is 0 Å². The molecule has 0 saturated carbocycles. The van der Waals surface area contributed by atoms with Gasteiger partial charge in [0.1, 0.15) is 36.3 Å². The minimum Gasteiger partial charge on any atom is -0.491 e. The number of hydrogen-bond donors (Lipinski definition) is 1. The van der Waals surface area contributed by atoms with Crippen molar-refractivity contribution in [3.63, 3.8) is 0 Å². The molecule has 4 heterocycles. The predicted octanol–water partition coefficient (Wildman–Crippen LogP) is 4.77. The molecule has 35 heavy (non-hydrogen) atoms. The molecule has 2 N–H and O–H groups in total. The Morgan fingerprint density at radius 1 is 1.20 bits per heavy atom. The van der Waals surface area contributed by atoms with Crippen molar-refractivity contribution in [3.05, 3.63) is 53.0 Å². The van der Waals surface area contributed by atoms with E-state index in [0.717, 1.165) is 32.2 Å². The van der Waals surface area contributed by atoms with Crippen LogP contribution in [-0.2, 0) is 14.2 Å². The first-order valence-corrected chi connectivity index (χ1v) is 12.2. The molecule has 1 fully saturated rings. The lowest BCUT2D eigenvalue weighted by molar-refractivity contribution is -0.237. The fraction of sp³-hybridized carbons (Fsp3) is 0.400. The van der Waals surface area contributed by atoms with Crippen molar-refractivity contribution < 1.29 is 18.9 Å². The standard InChI is InChI=1S/C25H28BrN5O4/c1-14-7-19-22(27)29-13-30-23(19)31(14)24-21(35-25(2,3)32-4)10-18(34-24)12-33-17-6-5-15-8-16(26)11-28-20(15)9-17/h5-9,11,13,18,21,24H,10,12H2,1-4H3,(H2,27,29,30)/t18-,21+,24+/m0/s1. The number of hydrogen-bond acceptors (Lipinski definition) is 8. The number of aromatic nitrogens is 4. The van der Waals surface area contributed by atoms with Crippen LogP contribution in [0.15, 0.2) is 47.3 Å². The second-order valence-electron chi connectivity index (χ2n) is 9.12. The van der Waals surface area contributed by atoms with Gasteiger partial charge in [0.05, 0.1) is 17.0 Å². The number of fused-ring (bicyclic) bond motifs is 2. The second-order valence-corrected chi connectivity index (χ2v) is 10.0. The van der Waals surface area contributed by atoms with E-state index in [9.17, 15) is 0 Å². The van der Waals surface area contributed by atoms with E-state index in [1.165, 1.54) is 6.33 Å². The summed E-state index contributed by atoms with van der Waals surface area (Å²) in [5, 5.41) is 1.82. The van der Waals surface area contributed by atoms with Crippen LogP contribution in [-0.4, -0.2) is 51.2 Å². The third kappa shape index (κ3) is 4.84. The minimum absolute atomic E-state index is 0.206. The van der Waals surface area contributed by atoms with Crippen molar-refractivity contribution in [3.8, 4) is 5.75 Å². The van der Waals surface area contributed by atoms with Crippen molar-refractivity contribution in [2.75, 3.05) is 19.5 Å². The summed E-state index contributed by atoms with van der Waals surface area (Å²) in [4.78, 5) is 13.1. The molecule has 0 radical (unpaired) electrons. The number of ether oxygens (including phenoxy) is 4. The molecule has 0 aliphatic carbocycles. The zero-order valence-corrected chi connectivity index (χ0v) is 21.7. The molecule has 4 aromatic rings. The first kappa shape index (κ1) is 23.9. The number of anilines is 1. The van der Waals surface area contributed by atoms with Crippen molar-refractivity contribution in [1.29, 1.82) is 0 Å². The quantitative estimate of drug-likeness (QED) is 0.333. The van der Waals surface area contributed by atoms with Crippen molar-refractivity contribution in [2.24, 2.45) is 0 Å². The number of rotatable bonds is 7. The van der Waals surface area contributed by atoms with Crippen molar-refractivity contribution in [1.82, 2.24) is 19.5 Å². The predicted molar refractivity (Wildman–Crippen MR) is 136 cm³/mol. The first-order chi connectivity index (χ1) is 16.7. The molecule has 1 aliphatic heterocycles. The molecular formula is C25H28BrN5O4. The van der Waals surface area contributed by atoms with Crippen LogP contribution < -0.4 is 10.5 Å². The number of nitrogens with zero attached hydrogens (tertiary/aromatic N) is 4. The Balaban J connectivity index is 1.39. The average molecular weight is 542 g/mol. The maximum absolute atomic E-state index is 6.50. The highest BCUT2D eigenvalue weighted by Gasteiger charge is 2.42. The largest absolute Gasteiger partial charge is 0.491 e. The molecule has 0 bridgehead atoms. The van der Waals surface area contributed by atoms with Gasteiger partial charge in [-0.1, -0.05) is 0 Å². The molecule has 0 unspecified atom stereocenters. The van der Waals surface area contributed by atoms with Gasteiger partial charge in [-0.2, -0.15) is 0 Å². The molecule has 0 spiro atoms. The number of benzene rings is 1. The molecule has 0 amide bonds. The number of pyridine rings is 1. The van der Waals surface area contributed by atoms with Crippen LogP contribution in [0.25, 0.3) is 21.9 Å². The SMILES string of the molecule is COC(C)(C)O[C@@H]1C[C@@H](COc2ccc3cc(Br)cnc3c2)O[C@H]1n1c(C)cc2c(N)ncnc21. The highest BCUT2D eigenvalue weighted by atomic mass is 79.9. The van der Waals surface area contributed by atoms with Crippen molar-refractivity contribution in [2.45, 2.75) is 51.4 Å². The van der Waals surface area contributed by atoms with Crippen LogP contribution in [0.3, 0.4) is 0 Å². The number of nitrogen functional groups attached to an aromatic ring is 1. The van der Waals surface area contributed by atoms with Crippen molar-refractivity contribution >= 4 is 43.7 Å². The maximum atomic E-state index is 6.50. The van der Waals surface area contributed by atoms with E-state index in [2.05, 4.69) is 30.9 Å². The molecule has 5 rings (SSSR count). The summed E-state index contributed by atoms with van der Waals surface area (Å²) in [5.74, 6) is 0.379. The molecule has 1 aromatic carbocycles. The van der Waals surface area contributed by atoms with Gasteiger partial charge in [-0.15, -0.1) is 0 Å². The Kier molecular flexibility index (Phi) is 6.39. The van der Waals surface area contributed by atoms with Gasteiger partial charge in [0.2, 0.25) is 0 Å². The highest BCUT2D eigenvalue weighted by Crippen LogP contribution is 2.38. The zero-order chi connectivity index (χ0) is 24.7. The van der Waals surface area contributed by atoms with E-state index in [0.29, 0.717) is 24.5 Å². The molecule has 3 aromatic heterocycles. The van der Waals surface area contributed by atoms with Gasteiger partial charge in [0, 0.05) is 41.3 Å². The van der Waals surface area contributed by atoms with E-state index in [1.54, 1.807) is 13.3 Å². The fourth-order valence-corrected chi connectivity index (χ4v) is 4.77. The second kappa shape index (κ2) is 9.34. The van der Waals surface area contributed by atoms with Crippen LogP contribution in [0.2, 0.25) is 0 Å². The van der Waals surface area contributed by atoms with E-state index >= 15 is 0 Å². The number of nitrogens with two attached hydrogens (primary N) is 1. The van der Waals surface area contributed by atoms with Gasteiger partial charge in [-0.3, -0.25) is 4.98 Å². The van der Waals surface area contributed by atoms with Crippen LogP contribution >= 0.6 is 15.9 Å². The molecule has 3 atom stereocenters. The van der Waals surface area contributed by atoms with Gasteiger partial charge in [0.15, 0.2) is 12.0 Å². The average Bonchev–Trinajstić information content (AvgIpc) is 3.37. The van der Waals surface area contributed by atoms with E-state index < -0.39 is 12.0 Å². The van der Waals surface area contributed by atoms with E-state index in [4.69, 9.17) is 24.7 Å². The summed E-state index contributed by atoms with van der Waals surface area (Å²) in [6.07, 6.45) is 2.93. The zero-order valence-electron chi connectivity index (χ0n) is 20.1. The summed E-state index contributed by atoms with van der Waals surface area (Å²) in [6, 6.07) is 9.86. The Labute approximate surface area is 211 Å². The minimum atomic E-state index is -0.787. The van der Waals surface area contributed by atoms with Crippen LogP contribution in [0.5, 0.6) is 5.75 Å². The molecular weight excluding hydrogens is 514 g/mol. The van der Waals surface area contributed by atoms with Crippen LogP contribution in [0.1, 0.15) is 32.2 Å². The van der Waals surface area contributed by atoms with Crippen LogP contribution in [0, 0.1) is 6.92 Å². The van der Waals surface area contributed by atoms with E-state index in [-0.39, 0.29) is 12.2 Å². The third-order valence-corrected chi connectivity index (χ3v) is 6.67. The maximum Gasteiger partial charge on any atom is 0.162 e. The molecule has 184 valence electrons. The Hall–Kier alpha value is -2.79. The van der Waals surface area contributed by atoms with Crippen LogP contribution in [0.4, 0.5) is 5.82 Å². The Morgan fingerprint density at radius 3 is 2.83 bits per heavy atom. The Morgan fingerprint density at radius 2 is 2.03 bits per heavy atom. The smallest absolute Gasteiger partial charge is 0.162 e. The first-order valence-electron chi connectivity index (χ1n) is 11.4. The van der Waals surface area contributed by atoms with Gasteiger partial charge in [-0.25, -0.2) is 9.97 Å². The highest BCUT2D eigenvalue weighted by molar-refractivity contribution is 9.10. The summed E-state index contributed by atoms with van der Waals surface area (Å²) in [5.41, 5.74) is 8.62.